The molecule has 1 aliphatic heterocycles. The Hall–Kier alpha value is -2.38. The number of benzene rings is 2. The highest BCUT2D eigenvalue weighted by atomic mass is 19.4. The monoisotopic (exact) mass is 448 g/mol. The summed E-state index contributed by atoms with van der Waals surface area (Å²) in [7, 11) is 3.80. The summed E-state index contributed by atoms with van der Waals surface area (Å²) in [5, 5.41) is 0.757. The van der Waals surface area contributed by atoms with E-state index in [4.69, 9.17) is 4.74 Å². The van der Waals surface area contributed by atoms with Crippen molar-refractivity contribution in [3.63, 3.8) is 0 Å². The van der Waals surface area contributed by atoms with Crippen LogP contribution in [0.15, 0.2) is 48.7 Å². The Bertz CT molecular complexity index is 1080. The molecule has 3 nitrogen and oxygen atoms in total. The minimum Gasteiger partial charge on any atom is -0.373 e. The lowest BCUT2D eigenvalue weighted by molar-refractivity contribution is -0.137. The molecule has 0 amide bonds. The Morgan fingerprint density at radius 3 is 2.31 bits per heavy atom. The van der Waals surface area contributed by atoms with Crippen LogP contribution in [0.5, 0.6) is 0 Å². The normalized spacial score (nSPS) is 18.2. The SMILES string of the molecule is CC(OCC1(c2ccc(F)cc2)CCN(C)CC1)c1cc(C(F)(F)F)cc2c1ccn2C. The summed E-state index contributed by atoms with van der Waals surface area (Å²) in [5.74, 6) is -0.290. The van der Waals surface area contributed by atoms with E-state index < -0.39 is 17.8 Å². The first kappa shape index (κ1) is 22.8. The van der Waals surface area contributed by atoms with Crippen molar-refractivity contribution in [1.82, 2.24) is 9.47 Å². The largest absolute Gasteiger partial charge is 0.416 e. The molecule has 0 spiro atoms. The number of aromatic nitrogens is 1. The molecule has 0 radical (unpaired) electrons. The molecular formula is C25H28F4N2O. The molecule has 1 unspecified atom stereocenters. The van der Waals surface area contributed by atoms with Crippen LogP contribution in [0.3, 0.4) is 0 Å². The summed E-state index contributed by atoms with van der Waals surface area (Å²) in [6.07, 6.45) is -1.52. The minimum absolute atomic E-state index is 0.290. The maximum atomic E-state index is 13.5. The van der Waals surface area contributed by atoms with Gasteiger partial charge >= 0.3 is 6.18 Å². The van der Waals surface area contributed by atoms with Gasteiger partial charge in [0.05, 0.1) is 18.3 Å². The molecule has 0 aliphatic carbocycles. The highest BCUT2D eigenvalue weighted by Crippen LogP contribution is 2.39. The number of ether oxygens (including phenoxy) is 1. The molecule has 0 saturated carbocycles. The first-order valence-electron chi connectivity index (χ1n) is 10.8. The van der Waals surface area contributed by atoms with Crippen molar-refractivity contribution >= 4 is 10.9 Å². The number of nitrogens with zero attached hydrogens (tertiary/aromatic N) is 2. The minimum atomic E-state index is -4.43. The van der Waals surface area contributed by atoms with Crippen LogP contribution < -0.4 is 0 Å². The predicted molar refractivity (Wildman–Crippen MR) is 117 cm³/mol. The molecule has 0 N–H and O–H groups in total. The van der Waals surface area contributed by atoms with Gasteiger partial charge in [-0.15, -0.1) is 0 Å². The Labute approximate surface area is 185 Å². The number of fused-ring (bicyclic) bond motifs is 1. The van der Waals surface area contributed by atoms with Crippen molar-refractivity contribution in [2.24, 2.45) is 7.05 Å². The molecule has 7 heteroatoms. The summed E-state index contributed by atoms with van der Waals surface area (Å²) < 4.78 is 62.1. The van der Waals surface area contributed by atoms with Gasteiger partial charge in [0.15, 0.2) is 0 Å². The van der Waals surface area contributed by atoms with E-state index in [2.05, 4.69) is 11.9 Å². The fraction of sp³-hybridized carbons (Fsp3) is 0.440. The van der Waals surface area contributed by atoms with E-state index >= 15 is 0 Å². The highest BCUT2D eigenvalue weighted by Gasteiger charge is 2.37. The molecule has 2 aromatic carbocycles. The van der Waals surface area contributed by atoms with Gasteiger partial charge in [-0.05, 0) is 81.4 Å². The second-order valence-electron chi connectivity index (χ2n) is 8.97. The zero-order chi connectivity index (χ0) is 23.1. The lowest BCUT2D eigenvalue weighted by Gasteiger charge is -2.41. The van der Waals surface area contributed by atoms with Crippen LogP contribution in [0.25, 0.3) is 10.9 Å². The van der Waals surface area contributed by atoms with Crippen LogP contribution in [-0.2, 0) is 23.4 Å². The van der Waals surface area contributed by atoms with Gasteiger partial charge in [0.2, 0.25) is 0 Å². The molecule has 1 atom stereocenters. The topological polar surface area (TPSA) is 17.4 Å². The molecule has 4 rings (SSSR count). The fourth-order valence-corrected chi connectivity index (χ4v) is 4.64. The van der Waals surface area contributed by atoms with E-state index in [0.29, 0.717) is 17.7 Å². The van der Waals surface area contributed by atoms with Crippen molar-refractivity contribution in [2.45, 2.75) is 37.5 Å². The summed E-state index contributed by atoms with van der Waals surface area (Å²) in [4.78, 5) is 2.24. The average molecular weight is 449 g/mol. The number of likely N-dealkylation sites (tertiary alicyclic amines) is 1. The zero-order valence-corrected chi connectivity index (χ0v) is 18.5. The van der Waals surface area contributed by atoms with Crippen molar-refractivity contribution in [3.8, 4) is 0 Å². The maximum Gasteiger partial charge on any atom is 0.416 e. The summed E-state index contributed by atoms with van der Waals surface area (Å²) >= 11 is 0. The highest BCUT2D eigenvalue weighted by molar-refractivity contribution is 5.85. The Morgan fingerprint density at radius 1 is 1.03 bits per heavy atom. The van der Waals surface area contributed by atoms with E-state index in [0.717, 1.165) is 36.9 Å². The maximum absolute atomic E-state index is 13.5. The Balaban J connectivity index is 1.65. The van der Waals surface area contributed by atoms with Gasteiger partial charge in [-0.25, -0.2) is 4.39 Å². The third-order valence-electron chi connectivity index (χ3n) is 6.81. The van der Waals surface area contributed by atoms with Crippen LogP contribution in [0.1, 0.15) is 42.6 Å². The van der Waals surface area contributed by atoms with E-state index in [9.17, 15) is 17.6 Å². The third kappa shape index (κ3) is 4.41. The van der Waals surface area contributed by atoms with E-state index in [-0.39, 0.29) is 11.2 Å². The number of hydrogen-bond acceptors (Lipinski definition) is 2. The van der Waals surface area contributed by atoms with E-state index in [1.165, 1.54) is 24.3 Å². The van der Waals surface area contributed by atoms with Crippen molar-refractivity contribution in [2.75, 3.05) is 26.7 Å². The van der Waals surface area contributed by atoms with E-state index in [1.54, 1.807) is 36.9 Å². The standard InChI is InChI=1S/C25H28F4N2O/c1-17(22-14-19(25(27,28)29)15-23-21(22)8-11-31(23)3)32-16-24(9-12-30(2)13-10-24)18-4-6-20(26)7-5-18/h4-8,11,14-15,17H,9-10,12-13,16H2,1-3H3. The second-order valence-corrected chi connectivity index (χ2v) is 8.97. The number of aryl methyl sites for hydroxylation is 1. The van der Waals surface area contributed by atoms with Crippen molar-refractivity contribution < 1.29 is 22.3 Å². The summed E-state index contributed by atoms with van der Waals surface area (Å²) in [5.41, 5.74) is 1.08. The van der Waals surface area contributed by atoms with Gasteiger partial charge in [0.1, 0.15) is 5.82 Å². The molecule has 2 heterocycles. The Morgan fingerprint density at radius 2 is 1.69 bits per heavy atom. The van der Waals surface area contributed by atoms with Gasteiger partial charge in [-0.1, -0.05) is 12.1 Å². The van der Waals surface area contributed by atoms with Gasteiger partial charge in [-0.3, -0.25) is 0 Å². The van der Waals surface area contributed by atoms with Crippen LogP contribution in [0.4, 0.5) is 17.6 Å². The quantitative estimate of drug-likeness (QED) is 0.441. The molecule has 3 aromatic rings. The van der Waals surface area contributed by atoms with Crippen LogP contribution in [0, 0.1) is 5.82 Å². The van der Waals surface area contributed by atoms with E-state index in [1.807, 2.05) is 6.07 Å². The number of halogens is 4. The van der Waals surface area contributed by atoms with Crippen LogP contribution in [0.2, 0.25) is 0 Å². The van der Waals surface area contributed by atoms with Gasteiger partial charge in [0.25, 0.3) is 0 Å². The first-order chi connectivity index (χ1) is 15.1. The number of rotatable bonds is 5. The molecule has 1 saturated heterocycles. The molecule has 32 heavy (non-hydrogen) atoms. The molecule has 1 aromatic heterocycles. The molecular weight excluding hydrogens is 420 g/mol. The van der Waals surface area contributed by atoms with Gasteiger partial charge in [0, 0.05) is 29.6 Å². The Kier molecular flexibility index (Phi) is 6.07. The van der Waals surface area contributed by atoms with Crippen LogP contribution >= 0.6 is 0 Å². The van der Waals surface area contributed by atoms with Crippen LogP contribution in [-0.4, -0.2) is 36.2 Å². The fourth-order valence-electron chi connectivity index (χ4n) is 4.64. The lowest BCUT2D eigenvalue weighted by Crippen LogP contribution is -2.44. The molecule has 172 valence electrons. The molecule has 1 fully saturated rings. The second kappa shape index (κ2) is 8.52. The lowest BCUT2D eigenvalue weighted by atomic mass is 9.73. The number of alkyl halides is 3. The predicted octanol–water partition coefficient (Wildman–Crippen LogP) is 6.08. The smallest absolute Gasteiger partial charge is 0.373 e. The third-order valence-corrected chi connectivity index (χ3v) is 6.81. The van der Waals surface area contributed by atoms with Gasteiger partial charge in [-0.2, -0.15) is 13.2 Å². The molecule has 1 aliphatic rings. The first-order valence-corrected chi connectivity index (χ1v) is 10.8. The van der Waals surface area contributed by atoms with Crippen molar-refractivity contribution in [3.05, 3.63) is 71.2 Å². The average Bonchev–Trinajstić information content (AvgIpc) is 3.13. The number of hydrogen-bond donors (Lipinski definition) is 0. The van der Waals surface area contributed by atoms with Crippen molar-refractivity contribution in [1.29, 1.82) is 0 Å². The zero-order valence-electron chi connectivity index (χ0n) is 18.5. The summed E-state index contributed by atoms with van der Waals surface area (Å²) in [6.45, 7) is 3.91. The molecule has 0 bridgehead atoms. The van der Waals surface area contributed by atoms with Gasteiger partial charge < -0.3 is 14.2 Å². The summed E-state index contributed by atoms with van der Waals surface area (Å²) in [6, 6.07) is 10.7. The number of piperidine rings is 1.